The average molecular weight is 206 g/mol. The van der Waals surface area contributed by atoms with Gasteiger partial charge < -0.3 is 11.1 Å². The van der Waals surface area contributed by atoms with Crippen LogP contribution in [0, 0.1) is 0 Å². The highest BCUT2D eigenvalue weighted by Gasteiger charge is 2.27. The first-order valence-electron chi connectivity index (χ1n) is 5.89. The number of hydrogen-bond acceptors (Lipinski definition) is 3. The zero-order chi connectivity index (χ0) is 10.3. The molecule has 2 heterocycles. The maximum Gasteiger partial charge on any atom is 0.121 e. The van der Waals surface area contributed by atoms with Crippen molar-refractivity contribution in [3.8, 4) is 0 Å². The molecule has 1 aromatic rings. The summed E-state index contributed by atoms with van der Waals surface area (Å²) in [5.41, 5.74) is 7.16. The van der Waals surface area contributed by atoms with E-state index in [1.54, 1.807) is 0 Å². The molecule has 0 amide bonds. The normalized spacial score (nSPS) is 26.0. The third-order valence-corrected chi connectivity index (χ3v) is 3.38. The lowest BCUT2D eigenvalue weighted by molar-refractivity contribution is 0.478. The molecule has 0 radical (unpaired) electrons. The van der Waals surface area contributed by atoms with E-state index in [-0.39, 0.29) is 0 Å². The van der Waals surface area contributed by atoms with Crippen molar-refractivity contribution in [1.82, 2.24) is 15.1 Å². The number of nitrogen functional groups attached to an aromatic ring is 1. The number of nitrogens with one attached hydrogen (secondary N) is 1. The Morgan fingerprint density at radius 3 is 3.00 bits per heavy atom. The molecule has 1 saturated heterocycles. The number of rotatable bonds is 3. The maximum atomic E-state index is 5.96. The molecule has 4 heteroatoms. The minimum absolute atomic E-state index is 0.569. The van der Waals surface area contributed by atoms with Crippen LogP contribution < -0.4 is 11.1 Å². The predicted molar refractivity (Wildman–Crippen MR) is 59.6 cm³/mol. The van der Waals surface area contributed by atoms with Crippen molar-refractivity contribution in [3.05, 3.63) is 11.8 Å². The van der Waals surface area contributed by atoms with Crippen LogP contribution in [0.4, 0.5) is 5.82 Å². The summed E-state index contributed by atoms with van der Waals surface area (Å²) < 4.78 is 1.97. The monoisotopic (exact) mass is 206 g/mol. The second-order valence-electron chi connectivity index (χ2n) is 4.74. The number of aromatic nitrogens is 2. The third kappa shape index (κ3) is 1.86. The highest BCUT2D eigenvalue weighted by atomic mass is 15.3. The van der Waals surface area contributed by atoms with Gasteiger partial charge >= 0.3 is 0 Å². The molecule has 1 aliphatic carbocycles. The molecule has 4 nitrogen and oxygen atoms in total. The molecule has 3 N–H and O–H groups in total. The van der Waals surface area contributed by atoms with Crippen molar-refractivity contribution in [2.45, 2.75) is 44.2 Å². The zero-order valence-electron chi connectivity index (χ0n) is 8.95. The molecule has 1 unspecified atom stereocenters. The number of hydrogen-bond donors (Lipinski definition) is 2. The summed E-state index contributed by atoms with van der Waals surface area (Å²) in [6, 6.07) is 2.62. The summed E-state index contributed by atoms with van der Waals surface area (Å²) in [6.07, 6.45) is 5.11. The van der Waals surface area contributed by atoms with Gasteiger partial charge in [0.2, 0.25) is 0 Å². The van der Waals surface area contributed by atoms with Crippen LogP contribution in [0.25, 0.3) is 0 Å². The molecule has 82 valence electrons. The summed E-state index contributed by atoms with van der Waals surface area (Å²) in [7, 11) is 0. The van der Waals surface area contributed by atoms with Gasteiger partial charge in [-0.3, -0.25) is 0 Å². The van der Waals surface area contributed by atoms with Crippen LogP contribution >= 0.6 is 0 Å². The van der Waals surface area contributed by atoms with Gasteiger partial charge in [-0.05, 0) is 32.2 Å². The van der Waals surface area contributed by atoms with Crippen molar-refractivity contribution in [2.75, 3.05) is 12.3 Å². The van der Waals surface area contributed by atoms with Crippen LogP contribution in [0.3, 0.4) is 0 Å². The molecule has 1 aromatic heterocycles. The van der Waals surface area contributed by atoms with Crippen LogP contribution in [0.1, 0.15) is 37.3 Å². The van der Waals surface area contributed by atoms with Crippen molar-refractivity contribution >= 4 is 5.82 Å². The summed E-state index contributed by atoms with van der Waals surface area (Å²) in [5, 5.41) is 8.06. The van der Waals surface area contributed by atoms with E-state index >= 15 is 0 Å². The van der Waals surface area contributed by atoms with Crippen LogP contribution in [-0.2, 0) is 6.54 Å². The van der Waals surface area contributed by atoms with Crippen LogP contribution in [-0.4, -0.2) is 22.4 Å². The van der Waals surface area contributed by atoms with E-state index in [4.69, 9.17) is 5.73 Å². The topological polar surface area (TPSA) is 55.9 Å². The molecule has 3 rings (SSSR count). The van der Waals surface area contributed by atoms with Crippen LogP contribution in [0.15, 0.2) is 6.07 Å². The van der Waals surface area contributed by atoms with E-state index in [1.807, 2.05) is 10.7 Å². The van der Waals surface area contributed by atoms with Crippen molar-refractivity contribution in [2.24, 2.45) is 0 Å². The van der Waals surface area contributed by atoms with Crippen molar-refractivity contribution in [1.29, 1.82) is 0 Å². The molecular weight excluding hydrogens is 188 g/mol. The van der Waals surface area contributed by atoms with Gasteiger partial charge in [-0.25, -0.2) is 4.68 Å². The van der Waals surface area contributed by atoms with Gasteiger partial charge in [-0.15, -0.1) is 0 Å². The summed E-state index contributed by atoms with van der Waals surface area (Å²) in [5.74, 6) is 1.52. The third-order valence-electron chi connectivity index (χ3n) is 3.38. The Bertz CT molecular complexity index is 347. The molecule has 0 bridgehead atoms. The molecular formula is C11H18N4. The Labute approximate surface area is 89.8 Å². The highest BCUT2D eigenvalue weighted by molar-refractivity contribution is 5.33. The fraction of sp³-hybridized carbons (Fsp3) is 0.727. The van der Waals surface area contributed by atoms with Gasteiger partial charge in [0.1, 0.15) is 5.82 Å². The summed E-state index contributed by atoms with van der Waals surface area (Å²) in [4.78, 5) is 0. The van der Waals surface area contributed by atoms with E-state index in [0.717, 1.165) is 18.9 Å². The average Bonchev–Trinajstić information content (AvgIpc) is 2.84. The number of nitrogens with zero attached hydrogens (tertiary/aromatic N) is 2. The van der Waals surface area contributed by atoms with E-state index in [1.165, 1.54) is 31.4 Å². The Balaban J connectivity index is 1.72. The lowest BCUT2D eigenvalue weighted by atomic mass is 10.2. The molecule has 2 fully saturated rings. The first kappa shape index (κ1) is 9.21. The molecule has 1 saturated carbocycles. The second kappa shape index (κ2) is 3.52. The van der Waals surface area contributed by atoms with E-state index in [0.29, 0.717) is 12.0 Å². The van der Waals surface area contributed by atoms with Crippen LogP contribution in [0.2, 0.25) is 0 Å². The lowest BCUT2D eigenvalue weighted by Gasteiger charge is -2.10. The maximum absolute atomic E-state index is 5.96. The second-order valence-corrected chi connectivity index (χ2v) is 4.74. The molecule has 1 atom stereocenters. The first-order valence-corrected chi connectivity index (χ1v) is 5.89. The predicted octanol–water partition coefficient (Wildman–Crippen LogP) is 1.09. The lowest BCUT2D eigenvalue weighted by Crippen LogP contribution is -2.27. The van der Waals surface area contributed by atoms with E-state index in [2.05, 4.69) is 10.4 Å². The minimum Gasteiger partial charge on any atom is -0.384 e. The van der Waals surface area contributed by atoms with Gasteiger partial charge in [0, 0.05) is 18.0 Å². The smallest absolute Gasteiger partial charge is 0.121 e. The molecule has 15 heavy (non-hydrogen) atoms. The largest absolute Gasteiger partial charge is 0.384 e. The SMILES string of the molecule is Nc1cc(C2CC2)nn1CC1CCCN1. The molecule has 1 aliphatic heterocycles. The summed E-state index contributed by atoms with van der Waals surface area (Å²) in [6.45, 7) is 2.07. The van der Waals surface area contributed by atoms with Crippen LogP contribution in [0.5, 0.6) is 0 Å². The first-order chi connectivity index (χ1) is 7.33. The molecule has 0 spiro atoms. The van der Waals surface area contributed by atoms with Gasteiger partial charge in [-0.2, -0.15) is 5.10 Å². The zero-order valence-corrected chi connectivity index (χ0v) is 8.95. The highest BCUT2D eigenvalue weighted by Crippen LogP contribution is 2.39. The van der Waals surface area contributed by atoms with Gasteiger partial charge in [0.25, 0.3) is 0 Å². The minimum atomic E-state index is 0.569. The number of nitrogens with two attached hydrogens (primary N) is 1. The molecule has 2 aliphatic rings. The Kier molecular flexibility index (Phi) is 2.16. The Morgan fingerprint density at radius 1 is 1.47 bits per heavy atom. The number of anilines is 1. The fourth-order valence-corrected chi connectivity index (χ4v) is 2.30. The Hall–Kier alpha value is -1.03. The standard InChI is InChI=1S/C11H18N4/c12-11-6-10(8-3-4-8)14-15(11)7-9-2-1-5-13-9/h6,8-9,13H,1-5,7,12H2. The fourth-order valence-electron chi connectivity index (χ4n) is 2.30. The quantitative estimate of drug-likeness (QED) is 0.778. The Morgan fingerprint density at radius 2 is 2.33 bits per heavy atom. The van der Waals surface area contributed by atoms with Crippen molar-refractivity contribution in [3.63, 3.8) is 0 Å². The van der Waals surface area contributed by atoms with Crippen molar-refractivity contribution < 1.29 is 0 Å². The van der Waals surface area contributed by atoms with Gasteiger partial charge in [-0.1, -0.05) is 0 Å². The van der Waals surface area contributed by atoms with Gasteiger partial charge in [0.15, 0.2) is 0 Å². The molecule has 0 aromatic carbocycles. The van der Waals surface area contributed by atoms with Gasteiger partial charge in [0.05, 0.1) is 12.2 Å². The summed E-state index contributed by atoms with van der Waals surface area (Å²) >= 11 is 0. The van der Waals surface area contributed by atoms with E-state index < -0.39 is 0 Å². The van der Waals surface area contributed by atoms with E-state index in [9.17, 15) is 0 Å².